The Morgan fingerprint density at radius 2 is 2.10 bits per heavy atom. The zero-order valence-corrected chi connectivity index (χ0v) is 12.2. The van der Waals surface area contributed by atoms with E-state index in [1.54, 1.807) is 11.6 Å². The van der Waals surface area contributed by atoms with E-state index in [0.29, 0.717) is 5.82 Å². The molecule has 2 N–H and O–H groups in total. The molecule has 3 aromatic rings. The summed E-state index contributed by atoms with van der Waals surface area (Å²) in [6.07, 6.45) is 1.39. The standard InChI is InChI=1S/C15H17N5O/c1-15(2,9-16)12-8-13-17-18-14(20(13)19-12)10-6-4-5-7-11(10)21-3/h4-9,16-17H,1-3H3. The molecule has 0 saturated heterocycles. The van der Waals surface area contributed by atoms with Crippen LogP contribution in [0.5, 0.6) is 5.75 Å². The Kier molecular flexibility index (Phi) is 3.01. The zero-order valence-electron chi connectivity index (χ0n) is 12.2. The lowest BCUT2D eigenvalue weighted by atomic mass is 9.91. The SMILES string of the molecule is COc1ccccc1-c1n[nH]c2cc(C(C)(C)C=N)nn12. The maximum absolute atomic E-state index is 7.53. The number of hydrogen-bond donors (Lipinski definition) is 2. The van der Waals surface area contributed by atoms with Crippen molar-refractivity contribution in [2.45, 2.75) is 19.3 Å². The van der Waals surface area contributed by atoms with Crippen LogP contribution >= 0.6 is 0 Å². The molecular weight excluding hydrogens is 266 g/mol. The van der Waals surface area contributed by atoms with Gasteiger partial charge in [-0.3, -0.25) is 5.10 Å². The summed E-state index contributed by atoms with van der Waals surface area (Å²) in [6.45, 7) is 3.91. The van der Waals surface area contributed by atoms with Gasteiger partial charge in [0.2, 0.25) is 0 Å². The van der Waals surface area contributed by atoms with Gasteiger partial charge in [-0.25, -0.2) is 0 Å². The highest BCUT2D eigenvalue weighted by Gasteiger charge is 2.23. The molecule has 0 spiro atoms. The van der Waals surface area contributed by atoms with E-state index in [0.717, 1.165) is 22.7 Å². The first kappa shape index (κ1) is 13.4. The lowest BCUT2D eigenvalue weighted by Gasteiger charge is -2.14. The maximum Gasteiger partial charge on any atom is 0.186 e. The van der Waals surface area contributed by atoms with E-state index in [-0.39, 0.29) is 0 Å². The van der Waals surface area contributed by atoms with Crippen LogP contribution in [-0.2, 0) is 5.41 Å². The van der Waals surface area contributed by atoms with Crippen molar-refractivity contribution in [3.05, 3.63) is 36.0 Å². The molecule has 2 heterocycles. The van der Waals surface area contributed by atoms with Crippen LogP contribution in [0.3, 0.4) is 0 Å². The Balaban J connectivity index is 2.18. The molecule has 0 bridgehead atoms. The van der Waals surface area contributed by atoms with Gasteiger partial charge in [0.05, 0.1) is 18.4 Å². The molecule has 6 nitrogen and oxygen atoms in total. The first-order valence-corrected chi connectivity index (χ1v) is 6.66. The van der Waals surface area contributed by atoms with Gasteiger partial charge in [0, 0.05) is 17.7 Å². The van der Waals surface area contributed by atoms with Crippen molar-refractivity contribution in [3.63, 3.8) is 0 Å². The summed E-state index contributed by atoms with van der Waals surface area (Å²) in [7, 11) is 1.63. The number of hydrogen-bond acceptors (Lipinski definition) is 4. The monoisotopic (exact) mass is 283 g/mol. The summed E-state index contributed by atoms with van der Waals surface area (Å²) < 4.78 is 7.13. The molecule has 108 valence electrons. The predicted octanol–water partition coefficient (Wildman–Crippen LogP) is 2.66. The predicted molar refractivity (Wildman–Crippen MR) is 81.1 cm³/mol. The van der Waals surface area contributed by atoms with E-state index in [9.17, 15) is 0 Å². The summed E-state index contributed by atoms with van der Waals surface area (Å²) in [4.78, 5) is 0. The third-order valence-corrected chi connectivity index (χ3v) is 3.56. The third kappa shape index (κ3) is 2.08. The first-order chi connectivity index (χ1) is 10.1. The number of rotatable bonds is 4. The zero-order chi connectivity index (χ0) is 15.0. The maximum atomic E-state index is 7.53. The molecule has 1 aromatic carbocycles. The number of aromatic amines is 1. The van der Waals surface area contributed by atoms with E-state index >= 15 is 0 Å². The van der Waals surface area contributed by atoms with Crippen molar-refractivity contribution >= 4 is 11.9 Å². The molecule has 0 aliphatic carbocycles. The molecule has 6 heteroatoms. The minimum atomic E-state index is -0.412. The van der Waals surface area contributed by atoms with Gasteiger partial charge < -0.3 is 10.1 Å². The Morgan fingerprint density at radius 1 is 1.33 bits per heavy atom. The number of nitrogens with zero attached hydrogens (tertiary/aromatic N) is 3. The molecule has 0 radical (unpaired) electrons. The van der Waals surface area contributed by atoms with E-state index < -0.39 is 5.41 Å². The Morgan fingerprint density at radius 3 is 2.81 bits per heavy atom. The van der Waals surface area contributed by atoms with Crippen LogP contribution in [-0.4, -0.2) is 33.1 Å². The van der Waals surface area contributed by atoms with Gasteiger partial charge in [0.1, 0.15) is 5.75 Å². The Bertz CT molecular complexity index is 799. The van der Waals surface area contributed by atoms with Crippen LogP contribution < -0.4 is 4.74 Å². The molecule has 0 saturated carbocycles. The Labute approximate surface area is 122 Å². The fourth-order valence-corrected chi connectivity index (χ4v) is 2.17. The summed E-state index contributed by atoms with van der Waals surface area (Å²) in [5, 5.41) is 19.4. The number of fused-ring (bicyclic) bond motifs is 1. The summed E-state index contributed by atoms with van der Waals surface area (Å²) in [5.41, 5.74) is 2.07. The van der Waals surface area contributed by atoms with Crippen LogP contribution in [0.4, 0.5) is 0 Å². The van der Waals surface area contributed by atoms with Crippen molar-refractivity contribution in [1.29, 1.82) is 5.41 Å². The molecule has 0 atom stereocenters. The van der Waals surface area contributed by atoms with Crippen LogP contribution in [0, 0.1) is 5.41 Å². The molecule has 0 aliphatic rings. The van der Waals surface area contributed by atoms with Gasteiger partial charge in [-0.1, -0.05) is 12.1 Å². The number of nitrogens with one attached hydrogen (secondary N) is 2. The molecule has 0 unspecified atom stereocenters. The normalized spacial score (nSPS) is 11.8. The lowest BCUT2D eigenvalue weighted by Crippen LogP contribution is -2.19. The van der Waals surface area contributed by atoms with E-state index in [2.05, 4.69) is 15.3 Å². The van der Waals surface area contributed by atoms with Crippen LogP contribution in [0.2, 0.25) is 0 Å². The molecular formula is C15H17N5O. The highest BCUT2D eigenvalue weighted by molar-refractivity contribution is 5.71. The largest absolute Gasteiger partial charge is 0.496 e. The average molecular weight is 283 g/mol. The summed E-state index contributed by atoms with van der Waals surface area (Å²) >= 11 is 0. The van der Waals surface area contributed by atoms with Crippen LogP contribution in [0.15, 0.2) is 30.3 Å². The molecule has 2 aromatic heterocycles. The lowest BCUT2D eigenvalue weighted by molar-refractivity contribution is 0.416. The second-order valence-electron chi connectivity index (χ2n) is 5.44. The number of aromatic nitrogens is 4. The van der Waals surface area contributed by atoms with Crippen molar-refractivity contribution in [2.75, 3.05) is 7.11 Å². The minimum absolute atomic E-state index is 0.412. The van der Waals surface area contributed by atoms with Gasteiger partial charge in [0.15, 0.2) is 11.5 Å². The second kappa shape index (κ2) is 4.73. The fourth-order valence-electron chi connectivity index (χ4n) is 2.17. The summed E-state index contributed by atoms with van der Waals surface area (Å²) in [5.74, 6) is 1.43. The van der Waals surface area contributed by atoms with Gasteiger partial charge in [-0.05, 0) is 26.0 Å². The van der Waals surface area contributed by atoms with Crippen molar-refractivity contribution in [1.82, 2.24) is 19.8 Å². The second-order valence-corrected chi connectivity index (χ2v) is 5.44. The van der Waals surface area contributed by atoms with Gasteiger partial charge >= 0.3 is 0 Å². The number of ether oxygens (including phenoxy) is 1. The highest BCUT2D eigenvalue weighted by Crippen LogP contribution is 2.29. The Hall–Kier alpha value is -2.63. The molecule has 0 fully saturated rings. The van der Waals surface area contributed by atoms with Gasteiger partial charge in [-0.15, -0.1) is 0 Å². The first-order valence-electron chi connectivity index (χ1n) is 6.66. The summed E-state index contributed by atoms with van der Waals surface area (Å²) in [6, 6.07) is 9.60. The molecule has 0 amide bonds. The number of para-hydroxylation sites is 1. The minimum Gasteiger partial charge on any atom is -0.496 e. The smallest absolute Gasteiger partial charge is 0.186 e. The average Bonchev–Trinajstić information content (AvgIpc) is 3.07. The van der Waals surface area contributed by atoms with E-state index in [1.165, 1.54) is 6.21 Å². The third-order valence-electron chi connectivity index (χ3n) is 3.56. The van der Waals surface area contributed by atoms with Crippen molar-refractivity contribution in [3.8, 4) is 17.1 Å². The number of methoxy groups -OCH3 is 1. The highest BCUT2D eigenvalue weighted by atomic mass is 16.5. The van der Waals surface area contributed by atoms with Crippen molar-refractivity contribution in [2.24, 2.45) is 0 Å². The van der Waals surface area contributed by atoms with Crippen LogP contribution in [0.25, 0.3) is 17.0 Å². The van der Waals surface area contributed by atoms with Crippen LogP contribution in [0.1, 0.15) is 19.5 Å². The topological polar surface area (TPSA) is 79.1 Å². The molecule has 3 rings (SSSR count). The quantitative estimate of drug-likeness (QED) is 0.722. The van der Waals surface area contributed by atoms with E-state index in [1.807, 2.05) is 44.2 Å². The fraction of sp³-hybridized carbons (Fsp3) is 0.267. The number of H-pyrrole nitrogens is 1. The molecule has 0 aliphatic heterocycles. The number of benzene rings is 1. The van der Waals surface area contributed by atoms with Gasteiger partial charge in [-0.2, -0.15) is 14.7 Å². The van der Waals surface area contributed by atoms with E-state index in [4.69, 9.17) is 10.1 Å². The van der Waals surface area contributed by atoms with Gasteiger partial charge in [0.25, 0.3) is 0 Å². The van der Waals surface area contributed by atoms with Crippen molar-refractivity contribution < 1.29 is 4.74 Å². The molecule has 21 heavy (non-hydrogen) atoms.